The summed E-state index contributed by atoms with van der Waals surface area (Å²) in [6.07, 6.45) is 0. The first-order chi connectivity index (χ1) is 9.92. The molecule has 0 fully saturated rings. The molecule has 0 radical (unpaired) electrons. The average Bonchev–Trinajstić information content (AvgIpc) is 2.74. The molecule has 0 saturated heterocycles. The van der Waals surface area contributed by atoms with E-state index in [-0.39, 0.29) is 6.04 Å². The summed E-state index contributed by atoms with van der Waals surface area (Å²) >= 11 is 1.84. The maximum Gasteiger partial charge on any atom is 0.135 e. The summed E-state index contributed by atoms with van der Waals surface area (Å²) in [5.41, 5.74) is 2.41. The molecule has 2 aromatic heterocycles. The molecule has 21 heavy (non-hydrogen) atoms. The summed E-state index contributed by atoms with van der Waals surface area (Å²) in [7, 11) is 0. The Balaban J connectivity index is 2.28. The Morgan fingerprint density at radius 3 is 2.38 bits per heavy atom. The SMILES string of the molecule is CCNc1nc(C)nc(NC(C)c2cc(C)sc2C)c1C. The van der Waals surface area contributed by atoms with Gasteiger partial charge in [-0.1, -0.05) is 0 Å². The number of nitrogens with zero attached hydrogens (tertiary/aromatic N) is 2. The second-order valence-corrected chi connectivity index (χ2v) is 6.82. The van der Waals surface area contributed by atoms with Gasteiger partial charge in [0.25, 0.3) is 0 Å². The molecular formula is C16H24N4S. The minimum atomic E-state index is 0.234. The van der Waals surface area contributed by atoms with Crippen molar-refractivity contribution in [2.45, 2.75) is 47.6 Å². The first kappa shape index (κ1) is 15.8. The lowest BCUT2D eigenvalue weighted by Crippen LogP contribution is -2.13. The predicted molar refractivity (Wildman–Crippen MR) is 91.5 cm³/mol. The monoisotopic (exact) mass is 304 g/mol. The Bertz CT molecular complexity index is 633. The van der Waals surface area contributed by atoms with Gasteiger partial charge in [-0.3, -0.25) is 0 Å². The van der Waals surface area contributed by atoms with Crippen molar-refractivity contribution in [1.29, 1.82) is 0 Å². The minimum Gasteiger partial charge on any atom is -0.370 e. The summed E-state index contributed by atoms with van der Waals surface area (Å²) in [6.45, 7) is 13.4. The Labute approximate surface area is 131 Å². The number of hydrogen-bond acceptors (Lipinski definition) is 5. The normalized spacial score (nSPS) is 12.3. The summed E-state index contributed by atoms with van der Waals surface area (Å²) in [4.78, 5) is 11.7. The first-order valence-electron chi connectivity index (χ1n) is 7.35. The van der Waals surface area contributed by atoms with E-state index in [2.05, 4.69) is 61.3 Å². The number of anilines is 2. The van der Waals surface area contributed by atoms with Crippen LogP contribution in [0.25, 0.3) is 0 Å². The molecule has 2 aromatic rings. The van der Waals surface area contributed by atoms with Crippen LogP contribution in [0.3, 0.4) is 0 Å². The van der Waals surface area contributed by atoms with Gasteiger partial charge in [0.1, 0.15) is 17.5 Å². The summed E-state index contributed by atoms with van der Waals surface area (Å²) in [5.74, 6) is 2.61. The van der Waals surface area contributed by atoms with Crippen molar-refractivity contribution in [2.24, 2.45) is 0 Å². The van der Waals surface area contributed by atoms with E-state index in [1.165, 1.54) is 15.3 Å². The third kappa shape index (κ3) is 3.53. The highest BCUT2D eigenvalue weighted by Gasteiger charge is 2.15. The molecule has 1 unspecified atom stereocenters. The Morgan fingerprint density at radius 2 is 1.81 bits per heavy atom. The topological polar surface area (TPSA) is 49.8 Å². The molecule has 114 valence electrons. The highest BCUT2D eigenvalue weighted by Crippen LogP contribution is 2.30. The molecule has 2 heterocycles. The number of nitrogens with one attached hydrogen (secondary N) is 2. The van der Waals surface area contributed by atoms with Gasteiger partial charge in [0.05, 0.1) is 6.04 Å². The average molecular weight is 304 g/mol. The smallest absolute Gasteiger partial charge is 0.135 e. The van der Waals surface area contributed by atoms with Gasteiger partial charge in [0.15, 0.2) is 0 Å². The second kappa shape index (κ2) is 6.43. The maximum absolute atomic E-state index is 4.56. The molecule has 0 aliphatic rings. The Morgan fingerprint density at radius 1 is 1.14 bits per heavy atom. The van der Waals surface area contributed by atoms with E-state index < -0.39 is 0 Å². The Hall–Kier alpha value is -1.62. The molecule has 0 aromatic carbocycles. The fourth-order valence-corrected chi connectivity index (χ4v) is 3.49. The maximum atomic E-state index is 4.56. The molecule has 2 N–H and O–H groups in total. The number of hydrogen-bond donors (Lipinski definition) is 2. The molecule has 5 heteroatoms. The lowest BCUT2D eigenvalue weighted by atomic mass is 10.1. The van der Waals surface area contributed by atoms with Crippen molar-refractivity contribution in [1.82, 2.24) is 9.97 Å². The van der Waals surface area contributed by atoms with E-state index in [1.54, 1.807) is 0 Å². The number of aromatic nitrogens is 2. The zero-order chi connectivity index (χ0) is 15.6. The van der Waals surface area contributed by atoms with Crippen molar-refractivity contribution in [3.05, 3.63) is 32.8 Å². The summed E-state index contributed by atoms with van der Waals surface area (Å²) in [5, 5.41) is 6.83. The van der Waals surface area contributed by atoms with Gasteiger partial charge in [-0.2, -0.15) is 0 Å². The van der Waals surface area contributed by atoms with E-state index >= 15 is 0 Å². The molecule has 4 nitrogen and oxygen atoms in total. The van der Waals surface area contributed by atoms with Crippen molar-refractivity contribution in [2.75, 3.05) is 17.2 Å². The number of aryl methyl sites for hydroxylation is 3. The minimum absolute atomic E-state index is 0.234. The highest BCUT2D eigenvalue weighted by molar-refractivity contribution is 7.12. The van der Waals surface area contributed by atoms with Crippen LogP contribution in [-0.2, 0) is 0 Å². The van der Waals surface area contributed by atoms with Crippen LogP contribution in [0.4, 0.5) is 11.6 Å². The van der Waals surface area contributed by atoms with E-state index in [0.717, 1.165) is 29.6 Å². The number of thiophene rings is 1. The first-order valence-corrected chi connectivity index (χ1v) is 8.16. The molecule has 2 rings (SSSR count). The van der Waals surface area contributed by atoms with Gasteiger partial charge in [0, 0.05) is 21.9 Å². The van der Waals surface area contributed by atoms with E-state index in [9.17, 15) is 0 Å². The standard InChI is InChI=1S/C16H24N4S/c1-7-17-15-10(3)16(20-13(6)19-15)18-11(4)14-8-9(2)21-12(14)5/h8,11H,7H2,1-6H3,(H2,17,18,19,20). The summed E-state index contributed by atoms with van der Waals surface area (Å²) < 4.78 is 0. The van der Waals surface area contributed by atoms with Gasteiger partial charge in [-0.15, -0.1) is 11.3 Å². The van der Waals surface area contributed by atoms with Crippen molar-refractivity contribution in [3.8, 4) is 0 Å². The van der Waals surface area contributed by atoms with E-state index in [0.29, 0.717) is 0 Å². The summed E-state index contributed by atoms with van der Waals surface area (Å²) in [6, 6.07) is 2.49. The molecule has 0 amide bonds. The molecule has 1 atom stereocenters. The van der Waals surface area contributed by atoms with Crippen molar-refractivity contribution < 1.29 is 0 Å². The van der Waals surface area contributed by atoms with Gasteiger partial charge >= 0.3 is 0 Å². The zero-order valence-corrected chi connectivity index (χ0v) is 14.5. The largest absolute Gasteiger partial charge is 0.370 e. The third-order valence-electron chi connectivity index (χ3n) is 3.50. The fraction of sp³-hybridized carbons (Fsp3) is 0.500. The molecule has 0 aliphatic heterocycles. The predicted octanol–water partition coefficient (Wildman–Crippen LogP) is 4.38. The van der Waals surface area contributed by atoms with Crippen LogP contribution in [0.5, 0.6) is 0 Å². The van der Waals surface area contributed by atoms with Crippen LogP contribution in [0, 0.1) is 27.7 Å². The van der Waals surface area contributed by atoms with Crippen LogP contribution in [0.2, 0.25) is 0 Å². The molecule has 0 spiro atoms. The van der Waals surface area contributed by atoms with Crippen LogP contribution >= 0.6 is 11.3 Å². The zero-order valence-electron chi connectivity index (χ0n) is 13.7. The molecule has 0 saturated carbocycles. The van der Waals surface area contributed by atoms with Gasteiger partial charge in [0.2, 0.25) is 0 Å². The van der Waals surface area contributed by atoms with Gasteiger partial charge in [-0.25, -0.2) is 9.97 Å². The molecule has 0 bridgehead atoms. The fourth-order valence-electron chi connectivity index (χ4n) is 2.47. The van der Waals surface area contributed by atoms with Crippen molar-refractivity contribution >= 4 is 23.0 Å². The van der Waals surface area contributed by atoms with Gasteiger partial charge < -0.3 is 10.6 Å². The third-order valence-corrected chi connectivity index (χ3v) is 4.48. The van der Waals surface area contributed by atoms with Crippen LogP contribution < -0.4 is 10.6 Å². The second-order valence-electron chi connectivity index (χ2n) is 5.36. The number of rotatable bonds is 5. The van der Waals surface area contributed by atoms with E-state index in [4.69, 9.17) is 0 Å². The quantitative estimate of drug-likeness (QED) is 0.861. The molecular weight excluding hydrogens is 280 g/mol. The van der Waals surface area contributed by atoms with Crippen LogP contribution in [0.1, 0.15) is 46.6 Å². The van der Waals surface area contributed by atoms with Crippen molar-refractivity contribution in [3.63, 3.8) is 0 Å². The molecule has 0 aliphatic carbocycles. The van der Waals surface area contributed by atoms with Gasteiger partial charge in [-0.05, 0) is 53.2 Å². The van der Waals surface area contributed by atoms with Crippen LogP contribution in [-0.4, -0.2) is 16.5 Å². The lowest BCUT2D eigenvalue weighted by Gasteiger charge is -2.18. The highest BCUT2D eigenvalue weighted by atomic mass is 32.1. The van der Waals surface area contributed by atoms with E-state index in [1.807, 2.05) is 18.3 Å². The van der Waals surface area contributed by atoms with Crippen LogP contribution in [0.15, 0.2) is 6.07 Å². The Kier molecular flexibility index (Phi) is 4.83. The lowest BCUT2D eigenvalue weighted by molar-refractivity contribution is 0.860.